The lowest BCUT2D eigenvalue weighted by Crippen LogP contribution is -2.38. The molecule has 2 aromatic heterocycles. The normalized spacial score (nSPS) is 28.1. The van der Waals surface area contributed by atoms with Crippen LogP contribution in [0.1, 0.15) is 19.3 Å². The molecule has 14 heteroatoms. The maximum absolute atomic E-state index is 9.63. The molecule has 5 atom stereocenters. The molecule has 5 heterocycles. The number of nitrogens with zero attached hydrogens (tertiary/aromatic N) is 3. The summed E-state index contributed by atoms with van der Waals surface area (Å²) >= 11 is 6.28. The second-order valence-corrected chi connectivity index (χ2v) is 17.0. The van der Waals surface area contributed by atoms with Crippen LogP contribution in [-0.4, -0.2) is 96.9 Å². The summed E-state index contributed by atoms with van der Waals surface area (Å²) in [6.45, 7) is 9.08. The average molecular weight is 556 g/mol. The van der Waals surface area contributed by atoms with Crippen molar-refractivity contribution in [2.75, 3.05) is 26.4 Å². The molecule has 37 heavy (non-hydrogen) atoms. The summed E-state index contributed by atoms with van der Waals surface area (Å²) in [5.74, 6) is 0. The number of ether oxygens (including phenoxy) is 6. The molecule has 5 rings (SSSR count). The van der Waals surface area contributed by atoms with Gasteiger partial charge in [0, 0.05) is 21.3 Å². The molecule has 204 valence electrons. The molecule has 3 aliphatic rings. The van der Waals surface area contributed by atoms with Crippen LogP contribution in [-0.2, 0) is 30.4 Å². The fourth-order valence-corrected chi connectivity index (χ4v) is 5.74. The van der Waals surface area contributed by atoms with Crippen LogP contribution >= 0.6 is 11.6 Å². The van der Waals surface area contributed by atoms with Crippen LogP contribution in [0, 0.1) is 0 Å². The molecule has 3 saturated heterocycles. The van der Waals surface area contributed by atoms with Crippen molar-refractivity contribution in [2.45, 2.75) is 82.4 Å². The van der Waals surface area contributed by atoms with E-state index in [1.54, 1.807) is 10.6 Å². The predicted molar refractivity (Wildman–Crippen MR) is 139 cm³/mol. The van der Waals surface area contributed by atoms with Crippen molar-refractivity contribution in [1.82, 2.24) is 14.5 Å². The topological polar surface area (TPSA) is 127 Å². The molecule has 0 aromatic carbocycles. The van der Waals surface area contributed by atoms with Crippen LogP contribution in [0.2, 0.25) is 30.7 Å². The minimum atomic E-state index is -1.82. The van der Waals surface area contributed by atoms with Crippen LogP contribution in [0.4, 0.5) is 0 Å². The fourth-order valence-electron chi connectivity index (χ4n) is 4.74. The van der Waals surface area contributed by atoms with Gasteiger partial charge in [-0.05, 0) is 31.4 Å². The zero-order chi connectivity index (χ0) is 26.2. The first-order valence-corrected chi connectivity index (χ1v) is 17.0. The smallest absolute Gasteiger partial charge is 0.456 e. The second kappa shape index (κ2) is 11.4. The van der Waals surface area contributed by atoms with Gasteiger partial charge in [0.15, 0.2) is 18.0 Å². The number of imidazole rings is 1. The highest BCUT2D eigenvalue weighted by molar-refractivity contribution is 6.76. The van der Waals surface area contributed by atoms with E-state index in [0.717, 1.165) is 25.3 Å². The summed E-state index contributed by atoms with van der Waals surface area (Å²) in [7, 11) is -3.09. The quantitative estimate of drug-likeness (QED) is 0.329. The van der Waals surface area contributed by atoms with E-state index in [1.807, 2.05) is 0 Å². The summed E-state index contributed by atoms with van der Waals surface area (Å²) in [4.78, 5) is 8.78. The number of fused-ring (bicyclic) bond motifs is 2. The highest BCUT2D eigenvalue weighted by Gasteiger charge is 2.50. The third-order valence-electron chi connectivity index (χ3n) is 6.83. The zero-order valence-electron chi connectivity index (χ0n) is 21.5. The molecule has 0 bridgehead atoms. The summed E-state index contributed by atoms with van der Waals surface area (Å²) in [6.07, 6.45) is 1.57. The van der Waals surface area contributed by atoms with Crippen LogP contribution in [0.15, 0.2) is 6.07 Å². The molecule has 0 saturated carbocycles. The summed E-state index contributed by atoms with van der Waals surface area (Å²) in [5.41, 5.74) is 0.768. The van der Waals surface area contributed by atoms with Crippen LogP contribution in [0.3, 0.4) is 0 Å². The van der Waals surface area contributed by atoms with E-state index in [2.05, 4.69) is 29.6 Å². The van der Waals surface area contributed by atoms with Crippen LogP contribution in [0.25, 0.3) is 11.2 Å². The van der Waals surface area contributed by atoms with Crippen molar-refractivity contribution in [3.63, 3.8) is 0 Å². The minimum Gasteiger partial charge on any atom is -0.456 e. The molecule has 2 N–H and O–H groups in total. The van der Waals surface area contributed by atoms with E-state index in [4.69, 9.17) is 40.0 Å². The Hall–Kier alpha value is -1.29. The Labute approximate surface area is 222 Å². The Morgan fingerprint density at radius 2 is 1.86 bits per heavy atom. The summed E-state index contributed by atoms with van der Waals surface area (Å²) < 4.78 is 38.0. The molecule has 0 spiro atoms. The van der Waals surface area contributed by atoms with Crippen molar-refractivity contribution in [1.29, 1.82) is 0 Å². The highest BCUT2D eigenvalue weighted by Crippen LogP contribution is 2.33. The highest BCUT2D eigenvalue weighted by atomic mass is 35.5. The van der Waals surface area contributed by atoms with Gasteiger partial charge in [0.05, 0.1) is 29.3 Å². The first-order chi connectivity index (χ1) is 17.7. The minimum absolute atomic E-state index is 0.0710. The third-order valence-corrected chi connectivity index (χ3v) is 8.84. The Bertz CT molecular complexity index is 1080. The number of hydrogen-bond acceptors (Lipinski definition) is 10. The number of hydrogen-bond donors (Lipinski definition) is 2. The molecular weight excluding hydrogens is 521 g/mol. The average Bonchev–Trinajstić information content (AvgIpc) is 3.52. The Kier molecular flexibility index (Phi) is 8.44. The van der Waals surface area contributed by atoms with Gasteiger partial charge < -0.3 is 38.5 Å². The predicted octanol–water partition coefficient (Wildman–Crippen LogP) is 1.53. The molecule has 0 radical (unpaired) electrons. The summed E-state index contributed by atoms with van der Waals surface area (Å²) in [6, 6.07) is 2.87. The molecule has 11 nitrogen and oxygen atoms in total. The van der Waals surface area contributed by atoms with Crippen LogP contribution in [0.5, 0.6) is 6.01 Å². The van der Waals surface area contributed by atoms with E-state index in [0.29, 0.717) is 31.9 Å². The van der Waals surface area contributed by atoms with Crippen molar-refractivity contribution in [3.8, 4) is 6.01 Å². The van der Waals surface area contributed by atoms with Gasteiger partial charge in [-0.15, -0.1) is 0 Å². The molecule has 0 amide bonds. The first kappa shape index (κ1) is 27.3. The lowest BCUT2D eigenvalue weighted by Gasteiger charge is -2.27. The number of pyridine rings is 1. The first-order valence-electron chi connectivity index (χ1n) is 12.9. The van der Waals surface area contributed by atoms with Crippen molar-refractivity contribution in [2.24, 2.45) is 0 Å². The van der Waals surface area contributed by atoms with Gasteiger partial charge in [0.1, 0.15) is 25.0 Å². The van der Waals surface area contributed by atoms with Crippen molar-refractivity contribution in [3.05, 3.63) is 11.1 Å². The maximum Gasteiger partial charge on any atom is 0.509 e. The Morgan fingerprint density at radius 1 is 1.11 bits per heavy atom. The number of aromatic nitrogens is 3. The standard InChI is InChI=1S/C23H35BClN3O8Si/c1-37(2,3)9-8-31-13-28-15-10-14(25)21(24(29)30)26-22(15)27-23(28)36-17-12-34-19-16(11-33-20(17)19)35-18-6-4-5-7-32-18/h10,16-20,29-30H,4-9,11-13H2,1-3H3/t16-,17-,18?,19-,20-/m1/s1. The van der Waals surface area contributed by atoms with Gasteiger partial charge in [0.25, 0.3) is 0 Å². The number of rotatable bonds is 10. The SMILES string of the molecule is C[Si](C)(C)CCOCn1c(O[C@@H]2CO[C@H]3[C@@H]2OC[C@H]3OC2CCCCO2)nc2nc(B(O)O)c(Cl)cc21. The van der Waals surface area contributed by atoms with E-state index in [-0.39, 0.29) is 53.6 Å². The number of halogens is 1. The Morgan fingerprint density at radius 3 is 2.57 bits per heavy atom. The van der Waals surface area contributed by atoms with E-state index >= 15 is 0 Å². The molecule has 3 fully saturated rings. The van der Waals surface area contributed by atoms with Gasteiger partial charge in [-0.1, -0.05) is 31.2 Å². The van der Waals surface area contributed by atoms with Gasteiger partial charge in [-0.3, -0.25) is 4.57 Å². The van der Waals surface area contributed by atoms with E-state index < -0.39 is 21.3 Å². The van der Waals surface area contributed by atoms with Gasteiger partial charge in [-0.25, -0.2) is 4.98 Å². The lowest BCUT2D eigenvalue weighted by molar-refractivity contribution is -0.202. The largest absolute Gasteiger partial charge is 0.509 e. The molecule has 2 aromatic rings. The summed E-state index contributed by atoms with van der Waals surface area (Å²) in [5, 5.41) is 19.4. The molecule has 3 aliphatic heterocycles. The monoisotopic (exact) mass is 555 g/mol. The molecule has 0 aliphatic carbocycles. The maximum atomic E-state index is 9.63. The fraction of sp³-hybridized carbons (Fsp3) is 0.739. The van der Waals surface area contributed by atoms with E-state index in [1.165, 1.54) is 0 Å². The second-order valence-electron chi connectivity index (χ2n) is 11.0. The van der Waals surface area contributed by atoms with Gasteiger partial charge in [-0.2, -0.15) is 4.98 Å². The van der Waals surface area contributed by atoms with E-state index in [9.17, 15) is 10.0 Å². The Balaban J connectivity index is 1.32. The lowest BCUT2D eigenvalue weighted by atomic mass is 9.85. The molecular formula is C23H35BClN3O8Si. The third kappa shape index (κ3) is 6.31. The van der Waals surface area contributed by atoms with Gasteiger partial charge >= 0.3 is 13.1 Å². The van der Waals surface area contributed by atoms with Crippen molar-refractivity contribution >= 4 is 43.6 Å². The molecule has 1 unspecified atom stereocenters. The van der Waals surface area contributed by atoms with Crippen molar-refractivity contribution < 1.29 is 38.5 Å². The van der Waals surface area contributed by atoms with Crippen LogP contribution < -0.4 is 10.3 Å². The zero-order valence-corrected chi connectivity index (χ0v) is 23.2. The van der Waals surface area contributed by atoms with Gasteiger partial charge in [0.2, 0.25) is 0 Å².